The molecule has 0 radical (unpaired) electrons. The van der Waals surface area contributed by atoms with Crippen LogP contribution < -0.4 is 10.5 Å². The molecule has 1 saturated carbocycles. The van der Waals surface area contributed by atoms with E-state index in [9.17, 15) is 21.6 Å². The van der Waals surface area contributed by atoms with Crippen LogP contribution in [0.1, 0.15) is 36.8 Å². The quantitative estimate of drug-likeness (QED) is 0.824. The van der Waals surface area contributed by atoms with Gasteiger partial charge in [0.25, 0.3) is 0 Å². The first kappa shape index (κ1) is 19.9. The van der Waals surface area contributed by atoms with Crippen LogP contribution in [0.15, 0.2) is 60.7 Å². The summed E-state index contributed by atoms with van der Waals surface area (Å²) in [6, 6.07) is 17.0. The van der Waals surface area contributed by atoms with Gasteiger partial charge in [-0.3, -0.25) is 0 Å². The maximum absolute atomic E-state index is 13.2. The number of halogens is 3. The van der Waals surface area contributed by atoms with Gasteiger partial charge in [-0.2, -0.15) is 17.9 Å². The van der Waals surface area contributed by atoms with Crippen molar-refractivity contribution in [2.75, 3.05) is 0 Å². The van der Waals surface area contributed by atoms with Crippen LogP contribution in [0.25, 0.3) is 0 Å². The van der Waals surface area contributed by atoms with Gasteiger partial charge in [-0.15, -0.1) is 0 Å². The molecule has 2 atom stereocenters. The summed E-state index contributed by atoms with van der Waals surface area (Å²) in [6.07, 6.45) is 1.76. The smallest absolute Gasteiger partial charge is 0.320 e. The van der Waals surface area contributed by atoms with E-state index in [1.165, 1.54) is 0 Å². The highest BCUT2D eigenvalue weighted by Gasteiger charge is 2.58. The molecule has 2 aromatic rings. The number of benzene rings is 2. The number of nitrogens with one attached hydrogen (secondary N) is 1. The third-order valence-corrected chi connectivity index (χ3v) is 6.53. The number of nitrogens with two attached hydrogens (primary N) is 1. The minimum absolute atomic E-state index is 0.164. The molecule has 2 aromatic carbocycles. The maximum Gasteiger partial charge on any atom is 0.511 e. The van der Waals surface area contributed by atoms with Crippen LogP contribution in [0.3, 0.4) is 0 Å². The summed E-state index contributed by atoms with van der Waals surface area (Å²) in [5, 5.41) is 0. The largest absolute Gasteiger partial charge is 0.511 e. The molecule has 8 heteroatoms. The van der Waals surface area contributed by atoms with Crippen molar-refractivity contribution in [2.45, 2.75) is 42.3 Å². The van der Waals surface area contributed by atoms with Crippen LogP contribution in [0.4, 0.5) is 13.2 Å². The third kappa shape index (κ3) is 3.37. The van der Waals surface area contributed by atoms with Gasteiger partial charge in [0, 0.05) is 0 Å². The van der Waals surface area contributed by atoms with Crippen LogP contribution in [0.2, 0.25) is 0 Å². The second-order valence-electron chi connectivity index (χ2n) is 6.87. The first-order chi connectivity index (χ1) is 12.6. The van der Waals surface area contributed by atoms with Crippen LogP contribution in [-0.2, 0) is 21.1 Å². The number of hydrogen-bond donors (Lipinski definition) is 2. The molecular formula is C19H21F3N2O2S. The van der Waals surface area contributed by atoms with E-state index in [1.807, 2.05) is 4.72 Å². The van der Waals surface area contributed by atoms with E-state index in [2.05, 4.69) is 0 Å². The fourth-order valence-corrected chi connectivity index (χ4v) is 4.95. The lowest BCUT2D eigenvalue weighted by atomic mass is 9.62. The number of alkyl halides is 3. The molecule has 1 fully saturated rings. The Morgan fingerprint density at radius 3 is 1.85 bits per heavy atom. The van der Waals surface area contributed by atoms with Gasteiger partial charge >= 0.3 is 15.5 Å². The summed E-state index contributed by atoms with van der Waals surface area (Å²) in [7, 11) is -5.61. The first-order valence-electron chi connectivity index (χ1n) is 8.63. The van der Waals surface area contributed by atoms with Crippen molar-refractivity contribution in [1.29, 1.82) is 0 Å². The highest BCUT2D eigenvalue weighted by molar-refractivity contribution is 7.90. The summed E-state index contributed by atoms with van der Waals surface area (Å²) in [5.74, 6) is 0. The second-order valence-corrected chi connectivity index (χ2v) is 8.54. The zero-order chi connectivity index (χ0) is 19.8. The number of rotatable bonds is 4. The van der Waals surface area contributed by atoms with Crippen LogP contribution in [0, 0.1) is 0 Å². The van der Waals surface area contributed by atoms with Gasteiger partial charge in [0.2, 0.25) is 0 Å². The molecule has 0 aliphatic heterocycles. The Bertz CT molecular complexity index is 888. The highest BCUT2D eigenvalue weighted by atomic mass is 32.2. The minimum atomic E-state index is -5.61. The Labute approximate surface area is 156 Å². The van der Waals surface area contributed by atoms with Gasteiger partial charge in [0.1, 0.15) is 0 Å². The van der Waals surface area contributed by atoms with E-state index in [0.29, 0.717) is 30.4 Å². The fraction of sp³-hybridized carbons (Fsp3) is 0.368. The van der Waals surface area contributed by atoms with Gasteiger partial charge in [-0.05, 0) is 24.0 Å². The zero-order valence-corrected chi connectivity index (χ0v) is 15.4. The molecule has 0 amide bonds. The monoisotopic (exact) mass is 398 g/mol. The van der Waals surface area contributed by atoms with Crippen LogP contribution >= 0.6 is 0 Å². The average molecular weight is 398 g/mol. The molecule has 0 saturated heterocycles. The predicted molar refractivity (Wildman–Crippen MR) is 97.0 cm³/mol. The van der Waals surface area contributed by atoms with Gasteiger partial charge in [-0.25, -0.2) is 8.42 Å². The van der Waals surface area contributed by atoms with Crippen molar-refractivity contribution in [3.8, 4) is 0 Å². The van der Waals surface area contributed by atoms with E-state index in [0.717, 1.165) is 0 Å². The molecule has 27 heavy (non-hydrogen) atoms. The Morgan fingerprint density at radius 1 is 0.852 bits per heavy atom. The molecule has 4 nitrogen and oxygen atoms in total. The summed E-state index contributed by atoms with van der Waals surface area (Å²) in [5.41, 5.74) is -0.599. The molecule has 3 rings (SSSR count). The van der Waals surface area contributed by atoms with Crippen molar-refractivity contribution < 1.29 is 21.6 Å². The number of hydrogen-bond acceptors (Lipinski definition) is 3. The Balaban J connectivity index is 2.25. The molecule has 0 heterocycles. The summed E-state index contributed by atoms with van der Waals surface area (Å²) >= 11 is 0. The van der Waals surface area contributed by atoms with Crippen molar-refractivity contribution in [1.82, 2.24) is 4.72 Å². The molecule has 3 N–H and O–H groups in total. The van der Waals surface area contributed by atoms with Crippen LogP contribution in [-0.4, -0.2) is 13.9 Å². The maximum atomic E-state index is 13.2. The Kier molecular flexibility index (Phi) is 5.09. The molecule has 0 unspecified atom stereocenters. The number of sulfonamides is 1. The average Bonchev–Trinajstić information content (AvgIpc) is 2.64. The molecule has 0 spiro atoms. The fourth-order valence-electron chi connectivity index (χ4n) is 3.97. The molecule has 1 aliphatic carbocycles. The third-order valence-electron chi connectivity index (χ3n) is 5.30. The van der Waals surface area contributed by atoms with Gasteiger partial charge in [0.15, 0.2) is 0 Å². The van der Waals surface area contributed by atoms with E-state index in [4.69, 9.17) is 5.73 Å². The normalized spacial score (nSPS) is 26.7. The van der Waals surface area contributed by atoms with E-state index in [1.54, 1.807) is 60.7 Å². The van der Waals surface area contributed by atoms with Gasteiger partial charge < -0.3 is 5.73 Å². The summed E-state index contributed by atoms with van der Waals surface area (Å²) in [6.45, 7) is 0. The Hall–Kier alpha value is -1.90. The standard InChI is InChI=1S/C19H21F3N2O2S/c20-19(21,22)27(25,26)24-18(16-11-5-2-6-12-16)14-8-7-13-17(18,23)15-9-3-1-4-10-15/h1-6,9-12,24H,7-8,13-14,23H2/t17-,18-/m1/s1. The van der Waals surface area contributed by atoms with E-state index < -0.39 is 26.6 Å². The van der Waals surface area contributed by atoms with Crippen molar-refractivity contribution in [3.63, 3.8) is 0 Å². The zero-order valence-electron chi connectivity index (χ0n) is 14.5. The first-order valence-corrected chi connectivity index (χ1v) is 10.1. The molecular weight excluding hydrogens is 377 g/mol. The topological polar surface area (TPSA) is 72.2 Å². The van der Waals surface area contributed by atoms with Crippen molar-refractivity contribution in [2.24, 2.45) is 5.73 Å². The van der Waals surface area contributed by atoms with Gasteiger partial charge in [-0.1, -0.05) is 73.5 Å². The van der Waals surface area contributed by atoms with Crippen LogP contribution in [0.5, 0.6) is 0 Å². The SMILES string of the molecule is N[C@@]1(c2ccccc2)CCCC[C@@]1(NS(=O)(=O)C(F)(F)F)c1ccccc1. The molecule has 1 aliphatic rings. The summed E-state index contributed by atoms with van der Waals surface area (Å²) < 4.78 is 65.9. The van der Waals surface area contributed by atoms with E-state index in [-0.39, 0.29) is 6.42 Å². The molecule has 0 aromatic heterocycles. The van der Waals surface area contributed by atoms with Crippen molar-refractivity contribution in [3.05, 3.63) is 71.8 Å². The van der Waals surface area contributed by atoms with Gasteiger partial charge in [0.05, 0.1) is 11.1 Å². The minimum Gasteiger partial charge on any atom is -0.320 e. The lowest BCUT2D eigenvalue weighted by Gasteiger charge is -2.52. The Morgan fingerprint density at radius 2 is 1.33 bits per heavy atom. The summed E-state index contributed by atoms with van der Waals surface area (Å²) in [4.78, 5) is 0. The predicted octanol–water partition coefficient (Wildman–Crippen LogP) is 3.75. The van der Waals surface area contributed by atoms with E-state index >= 15 is 0 Å². The lowest BCUT2D eigenvalue weighted by molar-refractivity contribution is -0.0470. The molecule has 146 valence electrons. The molecule has 0 bridgehead atoms. The van der Waals surface area contributed by atoms with Crippen molar-refractivity contribution >= 4 is 10.0 Å². The highest BCUT2D eigenvalue weighted by Crippen LogP contribution is 2.50. The second kappa shape index (κ2) is 6.92. The lowest BCUT2D eigenvalue weighted by Crippen LogP contribution is -2.66.